The molecular weight excluding hydrogens is 332 g/mol. The third-order valence-corrected chi connectivity index (χ3v) is 3.51. The molecular formula is C13H18Br2O. The van der Waals surface area contributed by atoms with E-state index in [1.165, 1.54) is 18.4 Å². The van der Waals surface area contributed by atoms with Gasteiger partial charge in [0.15, 0.2) is 0 Å². The molecule has 1 unspecified atom stereocenters. The van der Waals surface area contributed by atoms with Gasteiger partial charge in [0.25, 0.3) is 0 Å². The molecule has 0 aliphatic heterocycles. The van der Waals surface area contributed by atoms with E-state index in [1.807, 2.05) is 12.1 Å². The highest BCUT2D eigenvalue weighted by Gasteiger charge is 2.10. The van der Waals surface area contributed by atoms with E-state index in [2.05, 4.69) is 50.9 Å². The van der Waals surface area contributed by atoms with Crippen LogP contribution in [0.3, 0.4) is 0 Å². The molecule has 0 heterocycles. The minimum atomic E-state index is 0.161. The van der Waals surface area contributed by atoms with Crippen LogP contribution in [-0.2, 0) is 4.74 Å². The highest BCUT2D eigenvalue weighted by atomic mass is 79.9. The lowest BCUT2D eigenvalue weighted by atomic mass is 10.1. The molecule has 0 saturated carbocycles. The first-order valence-corrected chi connectivity index (χ1v) is 7.62. The van der Waals surface area contributed by atoms with Crippen molar-refractivity contribution in [3.63, 3.8) is 0 Å². The Morgan fingerprint density at radius 3 is 2.75 bits per heavy atom. The van der Waals surface area contributed by atoms with E-state index in [4.69, 9.17) is 4.74 Å². The van der Waals surface area contributed by atoms with Crippen LogP contribution in [0.1, 0.15) is 37.9 Å². The molecule has 16 heavy (non-hydrogen) atoms. The molecule has 1 rings (SSSR count). The molecule has 1 atom stereocenters. The average Bonchev–Trinajstić information content (AvgIpc) is 2.29. The molecule has 0 aliphatic carbocycles. The topological polar surface area (TPSA) is 9.23 Å². The van der Waals surface area contributed by atoms with Crippen molar-refractivity contribution in [3.05, 3.63) is 34.3 Å². The molecule has 1 nitrogen and oxygen atoms in total. The molecule has 0 radical (unpaired) electrons. The third-order valence-electron chi connectivity index (χ3n) is 2.43. The van der Waals surface area contributed by atoms with Crippen LogP contribution >= 0.6 is 31.9 Å². The summed E-state index contributed by atoms with van der Waals surface area (Å²) < 4.78 is 6.97. The highest BCUT2D eigenvalue weighted by Crippen LogP contribution is 2.23. The van der Waals surface area contributed by atoms with Crippen molar-refractivity contribution in [1.29, 1.82) is 0 Å². The van der Waals surface area contributed by atoms with Gasteiger partial charge in [0.2, 0.25) is 0 Å². The van der Waals surface area contributed by atoms with Crippen LogP contribution in [0.25, 0.3) is 0 Å². The van der Waals surface area contributed by atoms with Crippen molar-refractivity contribution in [1.82, 2.24) is 0 Å². The zero-order valence-electron chi connectivity index (χ0n) is 9.59. The van der Waals surface area contributed by atoms with Gasteiger partial charge in [0.05, 0.1) is 6.10 Å². The van der Waals surface area contributed by atoms with Gasteiger partial charge in [-0.05, 0) is 24.1 Å². The molecule has 0 fully saturated rings. The number of hydrogen-bond donors (Lipinski definition) is 0. The molecule has 1 aromatic rings. The number of unbranched alkanes of at least 4 members (excludes halogenated alkanes) is 2. The molecule has 0 amide bonds. The van der Waals surface area contributed by atoms with Crippen LogP contribution in [0.2, 0.25) is 0 Å². The second-order valence-electron chi connectivity index (χ2n) is 3.78. The summed E-state index contributed by atoms with van der Waals surface area (Å²) >= 11 is 6.99. The summed E-state index contributed by atoms with van der Waals surface area (Å²) in [6, 6.07) is 8.30. The number of ether oxygens (including phenoxy) is 1. The zero-order chi connectivity index (χ0) is 11.8. The number of rotatable bonds is 7. The maximum atomic E-state index is 5.87. The van der Waals surface area contributed by atoms with E-state index in [0.29, 0.717) is 0 Å². The summed E-state index contributed by atoms with van der Waals surface area (Å²) in [5, 5.41) is 0.843. The average molecular weight is 350 g/mol. The zero-order valence-corrected chi connectivity index (χ0v) is 12.8. The van der Waals surface area contributed by atoms with Gasteiger partial charge in [-0.1, -0.05) is 63.8 Å². The van der Waals surface area contributed by atoms with Crippen LogP contribution in [0, 0.1) is 0 Å². The monoisotopic (exact) mass is 348 g/mol. The summed E-state index contributed by atoms with van der Waals surface area (Å²) in [6.07, 6.45) is 3.79. The largest absolute Gasteiger partial charge is 0.373 e. The Kier molecular flexibility index (Phi) is 7.33. The molecule has 0 spiro atoms. The summed E-state index contributed by atoms with van der Waals surface area (Å²) in [6.45, 7) is 3.05. The smallest absolute Gasteiger partial charge is 0.0922 e. The lowest BCUT2D eigenvalue weighted by molar-refractivity contribution is 0.0670. The normalized spacial score (nSPS) is 12.7. The second-order valence-corrected chi connectivity index (χ2v) is 5.34. The van der Waals surface area contributed by atoms with Crippen molar-refractivity contribution >= 4 is 31.9 Å². The van der Waals surface area contributed by atoms with E-state index < -0.39 is 0 Å². The van der Waals surface area contributed by atoms with Crippen LogP contribution < -0.4 is 0 Å². The molecule has 0 saturated heterocycles. The van der Waals surface area contributed by atoms with E-state index >= 15 is 0 Å². The van der Waals surface area contributed by atoms with Crippen molar-refractivity contribution in [2.45, 2.75) is 32.3 Å². The van der Waals surface area contributed by atoms with Crippen LogP contribution in [0.5, 0.6) is 0 Å². The van der Waals surface area contributed by atoms with E-state index in [1.54, 1.807) is 0 Å². The Bertz CT molecular complexity index is 302. The number of benzene rings is 1. The van der Waals surface area contributed by atoms with Crippen molar-refractivity contribution < 1.29 is 4.74 Å². The van der Waals surface area contributed by atoms with E-state index in [0.717, 1.165) is 22.8 Å². The minimum Gasteiger partial charge on any atom is -0.373 e. The first kappa shape index (κ1) is 14.2. The number of alkyl halides is 1. The fraction of sp³-hybridized carbons (Fsp3) is 0.538. The fourth-order valence-electron chi connectivity index (χ4n) is 1.51. The first-order valence-electron chi connectivity index (χ1n) is 5.71. The molecule has 0 aromatic heterocycles. The van der Waals surface area contributed by atoms with Gasteiger partial charge in [0, 0.05) is 16.4 Å². The molecule has 90 valence electrons. The van der Waals surface area contributed by atoms with Crippen LogP contribution in [-0.4, -0.2) is 11.9 Å². The second kappa shape index (κ2) is 8.26. The Labute approximate surface area is 115 Å². The molecule has 0 N–H and O–H groups in total. The van der Waals surface area contributed by atoms with E-state index in [-0.39, 0.29) is 6.10 Å². The van der Waals surface area contributed by atoms with Crippen molar-refractivity contribution in [3.8, 4) is 0 Å². The lowest BCUT2D eigenvalue weighted by Crippen LogP contribution is -2.07. The predicted octanol–water partition coefficient (Wildman–Crippen LogP) is 5.09. The van der Waals surface area contributed by atoms with Crippen LogP contribution in [0.4, 0.5) is 0 Å². The van der Waals surface area contributed by atoms with Gasteiger partial charge in [-0.15, -0.1) is 0 Å². The first-order chi connectivity index (χ1) is 7.77. The SMILES string of the molecule is CCCCCOC(CBr)c1cccc(Br)c1. The Morgan fingerprint density at radius 2 is 2.12 bits per heavy atom. The van der Waals surface area contributed by atoms with Crippen molar-refractivity contribution in [2.24, 2.45) is 0 Å². The number of halogens is 2. The maximum absolute atomic E-state index is 5.87. The van der Waals surface area contributed by atoms with Crippen LogP contribution in [0.15, 0.2) is 28.7 Å². The van der Waals surface area contributed by atoms with Gasteiger partial charge < -0.3 is 4.74 Å². The fourth-order valence-corrected chi connectivity index (χ4v) is 2.49. The summed E-state index contributed by atoms with van der Waals surface area (Å²) in [4.78, 5) is 0. The molecule has 3 heteroatoms. The van der Waals surface area contributed by atoms with Gasteiger partial charge >= 0.3 is 0 Å². The van der Waals surface area contributed by atoms with Gasteiger partial charge in [-0.25, -0.2) is 0 Å². The van der Waals surface area contributed by atoms with Gasteiger partial charge in [-0.3, -0.25) is 0 Å². The highest BCUT2D eigenvalue weighted by molar-refractivity contribution is 9.10. The molecule has 0 aliphatic rings. The minimum absolute atomic E-state index is 0.161. The van der Waals surface area contributed by atoms with Gasteiger partial charge in [0.1, 0.15) is 0 Å². The maximum Gasteiger partial charge on any atom is 0.0922 e. The number of hydrogen-bond acceptors (Lipinski definition) is 1. The van der Waals surface area contributed by atoms with Gasteiger partial charge in [-0.2, -0.15) is 0 Å². The standard InChI is InChI=1S/C13H18Br2O/c1-2-3-4-8-16-13(10-14)11-6-5-7-12(15)9-11/h5-7,9,13H,2-4,8,10H2,1H3. The molecule has 0 bridgehead atoms. The lowest BCUT2D eigenvalue weighted by Gasteiger charge is -2.16. The third kappa shape index (κ3) is 4.98. The van der Waals surface area contributed by atoms with E-state index in [9.17, 15) is 0 Å². The Balaban J connectivity index is 2.47. The Hall–Kier alpha value is 0.140. The summed E-state index contributed by atoms with van der Waals surface area (Å²) in [5.74, 6) is 0. The molecule has 1 aromatic carbocycles. The predicted molar refractivity (Wildman–Crippen MR) is 76.2 cm³/mol. The van der Waals surface area contributed by atoms with Crippen molar-refractivity contribution in [2.75, 3.05) is 11.9 Å². The quantitative estimate of drug-likeness (QED) is 0.492. The Morgan fingerprint density at radius 1 is 1.31 bits per heavy atom. The summed E-state index contributed by atoms with van der Waals surface area (Å²) in [5.41, 5.74) is 1.22. The summed E-state index contributed by atoms with van der Waals surface area (Å²) in [7, 11) is 0.